The maximum absolute atomic E-state index is 8.48. The highest BCUT2D eigenvalue weighted by Gasteiger charge is 2.12. The molecule has 0 saturated carbocycles. The summed E-state index contributed by atoms with van der Waals surface area (Å²) >= 11 is 3.33. The molecule has 0 N–H and O–H groups in total. The van der Waals surface area contributed by atoms with Crippen LogP contribution in [-0.4, -0.2) is 21.3 Å². The first-order valence-electron chi connectivity index (χ1n) is 5.75. The van der Waals surface area contributed by atoms with Crippen molar-refractivity contribution in [1.82, 2.24) is 15.1 Å². The molecule has 0 atom stereocenters. The molecular formula is C13H10BrN5O. The average Bonchev–Trinajstić information content (AvgIpc) is 2.93. The number of halogens is 1. The van der Waals surface area contributed by atoms with E-state index in [9.17, 15) is 0 Å². The van der Waals surface area contributed by atoms with Crippen molar-refractivity contribution < 1.29 is 4.52 Å². The Kier molecular flexibility index (Phi) is 4.74. The van der Waals surface area contributed by atoms with Crippen LogP contribution in [0.4, 0.5) is 0 Å². The third-order valence-electron chi connectivity index (χ3n) is 2.29. The second-order valence-electron chi connectivity index (χ2n) is 3.66. The van der Waals surface area contributed by atoms with Crippen LogP contribution in [0.5, 0.6) is 0 Å². The standard InChI is InChI=1S/C13H10BrN5O/c1-2-11(17-5-3-4-15)12-18-13(20-19-12)9-6-10(14)8-16-7-9/h2,5-8H,3H2,1H3/b11-2-,17-5?. The molecule has 0 saturated heterocycles. The summed E-state index contributed by atoms with van der Waals surface area (Å²) in [5.41, 5.74) is 1.27. The third-order valence-corrected chi connectivity index (χ3v) is 2.73. The molecule has 6 nitrogen and oxygen atoms in total. The summed E-state index contributed by atoms with van der Waals surface area (Å²) in [5.74, 6) is 0.736. The molecule has 7 heteroatoms. The van der Waals surface area contributed by atoms with Crippen LogP contribution in [0.3, 0.4) is 0 Å². The predicted octanol–water partition coefficient (Wildman–Crippen LogP) is 3.24. The van der Waals surface area contributed by atoms with Gasteiger partial charge >= 0.3 is 0 Å². The van der Waals surface area contributed by atoms with Crippen molar-refractivity contribution >= 4 is 27.8 Å². The minimum absolute atomic E-state index is 0.234. The zero-order valence-electron chi connectivity index (χ0n) is 10.6. The molecule has 2 rings (SSSR count). The second kappa shape index (κ2) is 6.73. The Balaban J connectivity index is 2.26. The molecular weight excluding hydrogens is 322 g/mol. The number of hydrogen-bond acceptors (Lipinski definition) is 6. The zero-order chi connectivity index (χ0) is 14.4. The van der Waals surface area contributed by atoms with Crippen molar-refractivity contribution in [3.05, 3.63) is 34.8 Å². The van der Waals surface area contributed by atoms with E-state index in [0.717, 1.165) is 10.0 Å². The van der Waals surface area contributed by atoms with Gasteiger partial charge < -0.3 is 4.52 Å². The first kappa shape index (κ1) is 14.1. The fraction of sp³-hybridized carbons (Fsp3) is 0.154. The van der Waals surface area contributed by atoms with Gasteiger partial charge in [0, 0.05) is 23.1 Å². The van der Waals surface area contributed by atoms with Crippen molar-refractivity contribution in [2.75, 3.05) is 0 Å². The Morgan fingerprint density at radius 2 is 2.40 bits per heavy atom. The number of allylic oxidation sites excluding steroid dienone is 1. The van der Waals surface area contributed by atoms with E-state index in [-0.39, 0.29) is 6.42 Å². The zero-order valence-corrected chi connectivity index (χ0v) is 12.2. The Labute approximate surface area is 124 Å². The number of hydrogen-bond donors (Lipinski definition) is 0. The van der Waals surface area contributed by atoms with Crippen LogP contribution in [0.25, 0.3) is 17.2 Å². The molecule has 0 aliphatic rings. The van der Waals surface area contributed by atoms with E-state index in [1.54, 1.807) is 18.5 Å². The van der Waals surface area contributed by atoms with Crippen LogP contribution in [0.15, 0.2) is 38.5 Å². The molecule has 100 valence electrons. The van der Waals surface area contributed by atoms with Crippen LogP contribution >= 0.6 is 15.9 Å². The van der Waals surface area contributed by atoms with Crippen molar-refractivity contribution in [3.8, 4) is 17.5 Å². The first-order chi connectivity index (χ1) is 9.74. The van der Waals surface area contributed by atoms with Gasteiger partial charge in [-0.2, -0.15) is 10.2 Å². The smallest absolute Gasteiger partial charge is 0.259 e. The minimum Gasteiger partial charge on any atom is -0.333 e. The highest BCUT2D eigenvalue weighted by Crippen LogP contribution is 2.22. The number of nitrogens with zero attached hydrogens (tertiary/aromatic N) is 5. The van der Waals surface area contributed by atoms with Gasteiger partial charge in [-0.05, 0) is 28.9 Å². The molecule has 2 heterocycles. The van der Waals surface area contributed by atoms with E-state index in [0.29, 0.717) is 17.4 Å². The van der Waals surface area contributed by atoms with Gasteiger partial charge in [-0.3, -0.25) is 9.98 Å². The van der Waals surface area contributed by atoms with Crippen LogP contribution in [0, 0.1) is 11.3 Å². The van der Waals surface area contributed by atoms with Gasteiger partial charge in [-0.15, -0.1) is 0 Å². The van der Waals surface area contributed by atoms with E-state index in [1.807, 2.05) is 19.1 Å². The number of rotatable bonds is 4. The van der Waals surface area contributed by atoms with E-state index in [1.165, 1.54) is 6.21 Å². The van der Waals surface area contributed by atoms with Crippen LogP contribution in [0.2, 0.25) is 0 Å². The van der Waals surface area contributed by atoms with Gasteiger partial charge in [0.25, 0.3) is 5.89 Å². The highest BCUT2D eigenvalue weighted by atomic mass is 79.9. The molecule has 0 aliphatic carbocycles. The highest BCUT2D eigenvalue weighted by molar-refractivity contribution is 9.10. The maximum atomic E-state index is 8.48. The van der Waals surface area contributed by atoms with Crippen molar-refractivity contribution in [2.24, 2.45) is 4.99 Å². The van der Waals surface area contributed by atoms with E-state index in [4.69, 9.17) is 9.78 Å². The van der Waals surface area contributed by atoms with Gasteiger partial charge in [-0.25, -0.2) is 0 Å². The Morgan fingerprint density at radius 3 is 3.10 bits per heavy atom. The molecule has 0 spiro atoms. The number of pyridine rings is 1. The van der Waals surface area contributed by atoms with E-state index < -0.39 is 0 Å². The van der Waals surface area contributed by atoms with Crippen LogP contribution in [0.1, 0.15) is 19.2 Å². The molecule has 2 aromatic rings. The molecule has 2 aromatic heterocycles. The number of aromatic nitrogens is 3. The molecule has 0 unspecified atom stereocenters. The lowest BCUT2D eigenvalue weighted by molar-refractivity contribution is 0.428. The molecule has 20 heavy (non-hydrogen) atoms. The topological polar surface area (TPSA) is 88.0 Å². The van der Waals surface area contributed by atoms with Crippen molar-refractivity contribution in [1.29, 1.82) is 5.26 Å². The van der Waals surface area contributed by atoms with E-state index in [2.05, 4.69) is 36.0 Å². The Morgan fingerprint density at radius 1 is 1.55 bits per heavy atom. The second-order valence-corrected chi connectivity index (χ2v) is 4.58. The van der Waals surface area contributed by atoms with Gasteiger partial charge in [0.1, 0.15) is 5.70 Å². The Bertz CT molecular complexity index is 699. The van der Waals surface area contributed by atoms with Crippen molar-refractivity contribution in [2.45, 2.75) is 13.3 Å². The minimum atomic E-state index is 0.234. The van der Waals surface area contributed by atoms with E-state index >= 15 is 0 Å². The molecule has 0 radical (unpaired) electrons. The fourth-order valence-corrected chi connectivity index (χ4v) is 1.78. The molecule has 0 bridgehead atoms. The average molecular weight is 332 g/mol. The number of nitriles is 1. The van der Waals surface area contributed by atoms with Gasteiger partial charge in [-0.1, -0.05) is 11.2 Å². The predicted molar refractivity (Wildman–Crippen MR) is 77.6 cm³/mol. The van der Waals surface area contributed by atoms with Crippen LogP contribution < -0.4 is 0 Å². The summed E-state index contributed by atoms with van der Waals surface area (Å²) < 4.78 is 6.02. The fourth-order valence-electron chi connectivity index (χ4n) is 1.42. The molecule has 0 fully saturated rings. The summed E-state index contributed by atoms with van der Waals surface area (Å²) in [6.45, 7) is 1.82. The lowest BCUT2D eigenvalue weighted by Gasteiger charge is -1.93. The van der Waals surface area contributed by atoms with Gasteiger partial charge in [0.2, 0.25) is 5.82 Å². The Hall–Kier alpha value is -2.33. The summed E-state index contributed by atoms with van der Waals surface area (Å²) in [7, 11) is 0. The normalized spacial score (nSPS) is 11.8. The SMILES string of the molecule is C/C=C(\N=CCC#N)c1noc(-c2cncc(Br)c2)n1. The summed E-state index contributed by atoms with van der Waals surface area (Å²) in [5, 5.41) is 12.4. The largest absolute Gasteiger partial charge is 0.333 e. The third kappa shape index (κ3) is 3.36. The number of aliphatic imine (C=N–C) groups is 1. The molecule has 0 amide bonds. The van der Waals surface area contributed by atoms with Gasteiger partial charge in [0.15, 0.2) is 0 Å². The summed E-state index contributed by atoms with van der Waals surface area (Å²) in [4.78, 5) is 12.4. The molecule has 0 aromatic carbocycles. The van der Waals surface area contributed by atoms with Crippen molar-refractivity contribution in [3.63, 3.8) is 0 Å². The monoisotopic (exact) mass is 331 g/mol. The summed E-state index contributed by atoms with van der Waals surface area (Å²) in [6.07, 6.45) is 6.80. The quantitative estimate of drug-likeness (QED) is 0.802. The first-order valence-corrected chi connectivity index (χ1v) is 6.54. The molecule has 0 aliphatic heterocycles. The van der Waals surface area contributed by atoms with Crippen LogP contribution in [-0.2, 0) is 0 Å². The maximum Gasteiger partial charge on any atom is 0.259 e. The van der Waals surface area contributed by atoms with Gasteiger partial charge in [0.05, 0.1) is 18.1 Å². The lowest BCUT2D eigenvalue weighted by Crippen LogP contribution is -1.86. The summed E-state index contributed by atoms with van der Waals surface area (Å²) in [6, 6.07) is 3.81. The lowest BCUT2D eigenvalue weighted by atomic mass is 10.3.